The molecule has 0 aliphatic heterocycles. The molecule has 0 radical (unpaired) electrons. The van der Waals surface area contributed by atoms with Crippen molar-refractivity contribution in [2.45, 2.75) is 51.2 Å². The van der Waals surface area contributed by atoms with Gasteiger partial charge in [-0.1, -0.05) is 12.2 Å². The summed E-state index contributed by atoms with van der Waals surface area (Å²) in [6, 6.07) is 1.20. The SMILES string of the molecule is CC(C)N(CCNC(=O)N[C@@H]1C=C[C@H](CO)C1)C1CC1. The Hall–Kier alpha value is -1.07. The minimum atomic E-state index is -0.113. The molecule has 5 nitrogen and oxygen atoms in total. The van der Waals surface area contributed by atoms with Crippen molar-refractivity contribution in [3.05, 3.63) is 12.2 Å². The molecule has 2 atom stereocenters. The standard InChI is InChI=1S/C15H27N3O2/c1-11(2)18(14-5-6-14)8-7-16-15(20)17-13-4-3-12(9-13)10-19/h3-4,11-14,19H,5-10H2,1-2H3,(H2,16,17,20)/t12-,13+/m0/s1. The van der Waals surface area contributed by atoms with E-state index in [1.807, 2.05) is 12.2 Å². The van der Waals surface area contributed by atoms with E-state index in [2.05, 4.69) is 29.4 Å². The van der Waals surface area contributed by atoms with Gasteiger partial charge >= 0.3 is 6.03 Å². The maximum atomic E-state index is 11.8. The van der Waals surface area contributed by atoms with Crippen molar-refractivity contribution < 1.29 is 9.90 Å². The van der Waals surface area contributed by atoms with Gasteiger partial charge in [-0.15, -0.1) is 0 Å². The normalized spacial score (nSPS) is 25.4. The van der Waals surface area contributed by atoms with E-state index in [1.54, 1.807) is 0 Å². The monoisotopic (exact) mass is 281 g/mol. The number of aliphatic hydroxyl groups is 1. The van der Waals surface area contributed by atoms with Gasteiger partial charge in [-0.25, -0.2) is 4.79 Å². The molecule has 0 spiro atoms. The molecule has 114 valence electrons. The third-order valence-corrected chi connectivity index (χ3v) is 4.06. The van der Waals surface area contributed by atoms with Crippen LogP contribution >= 0.6 is 0 Å². The zero-order valence-electron chi connectivity index (χ0n) is 12.5. The Kier molecular flexibility index (Phi) is 5.43. The number of aliphatic hydroxyl groups excluding tert-OH is 1. The Labute approximate surface area is 121 Å². The summed E-state index contributed by atoms with van der Waals surface area (Å²) >= 11 is 0. The van der Waals surface area contributed by atoms with Crippen LogP contribution in [0.3, 0.4) is 0 Å². The molecule has 0 aromatic carbocycles. The summed E-state index contributed by atoms with van der Waals surface area (Å²) in [5.74, 6) is 0.187. The Morgan fingerprint density at radius 1 is 1.40 bits per heavy atom. The van der Waals surface area contributed by atoms with E-state index in [1.165, 1.54) is 12.8 Å². The van der Waals surface area contributed by atoms with E-state index in [-0.39, 0.29) is 24.6 Å². The van der Waals surface area contributed by atoms with Crippen molar-refractivity contribution in [1.29, 1.82) is 0 Å². The molecule has 0 heterocycles. The number of urea groups is 1. The number of nitrogens with one attached hydrogen (secondary N) is 2. The van der Waals surface area contributed by atoms with Crippen LogP contribution in [0.5, 0.6) is 0 Å². The smallest absolute Gasteiger partial charge is 0.315 e. The van der Waals surface area contributed by atoms with E-state index in [0.717, 1.165) is 19.0 Å². The van der Waals surface area contributed by atoms with Gasteiger partial charge in [-0.2, -0.15) is 0 Å². The average molecular weight is 281 g/mol. The minimum absolute atomic E-state index is 0.0526. The Bertz CT molecular complexity index is 351. The quantitative estimate of drug-likeness (QED) is 0.612. The zero-order valence-corrected chi connectivity index (χ0v) is 12.5. The lowest BCUT2D eigenvalue weighted by Gasteiger charge is -2.26. The highest BCUT2D eigenvalue weighted by Gasteiger charge is 2.30. The van der Waals surface area contributed by atoms with Crippen LogP contribution in [-0.4, -0.2) is 53.9 Å². The molecular formula is C15H27N3O2. The zero-order chi connectivity index (χ0) is 14.5. The lowest BCUT2D eigenvalue weighted by molar-refractivity contribution is 0.206. The van der Waals surface area contributed by atoms with Crippen LogP contribution in [-0.2, 0) is 0 Å². The molecule has 2 rings (SSSR count). The van der Waals surface area contributed by atoms with Crippen LogP contribution in [0.1, 0.15) is 33.1 Å². The predicted octanol–water partition coefficient (Wildman–Crippen LogP) is 1.10. The molecular weight excluding hydrogens is 254 g/mol. The molecule has 0 aromatic rings. The number of amides is 2. The molecule has 3 N–H and O–H groups in total. The first-order valence-electron chi connectivity index (χ1n) is 7.69. The van der Waals surface area contributed by atoms with Crippen molar-refractivity contribution in [3.63, 3.8) is 0 Å². The van der Waals surface area contributed by atoms with Crippen LogP contribution in [0, 0.1) is 5.92 Å². The van der Waals surface area contributed by atoms with Crippen LogP contribution < -0.4 is 10.6 Å². The van der Waals surface area contributed by atoms with E-state index < -0.39 is 0 Å². The van der Waals surface area contributed by atoms with Crippen LogP contribution in [0.25, 0.3) is 0 Å². The molecule has 5 heteroatoms. The van der Waals surface area contributed by atoms with Gasteiger partial charge in [-0.3, -0.25) is 4.90 Å². The van der Waals surface area contributed by atoms with Crippen LogP contribution in [0.2, 0.25) is 0 Å². The second-order valence-corrected chi connectivity index (χ2v) is 6.13. The van der Waals surface area contributed by atoms with Crippen LogP contribution in [0.15, 0.2) is 12.2 Å². The maximum Gasteiger partial charge on any atom is 0.315 e. The Morgan fingerprint density at radius 2 is 2.15 bits per heavy atom. The first-order chi connectivity index (χ1) is 9.60. The van der Waals surface area contributed by atoms with Gasteiger partial charge < -0.3 is 15.7 Å². The van der Waals surface area contributed by atoms with E-state index >= 15 is 0 Å². The number of rotatable bonds is 7. The number of hydrogen-bond donors (Lipinski definition) is 3. The van der Waals surface area contributed by atoms with Gasteiger partial charge in [0.2, 0.25) is 0 Å². The second-order valence-electron chi connectivity index (χ2n) is 6.13. The van der Waals surface area contributed by atoms with Crippen molar-refractivity contribution in [2.75, 3.05) is 19.7 Å². The molecule has 1 fully saturated rings. The third kappa shape index (κ3) is 4.49. The molecule has 0 bridgehead atoms. The van der Waals surface area contributed by atoms with Gasteiger partial charge in [0.25, 0.3) is 0 Å². The molecule has 2 aliphatic carbocycles. The lowest BCUT2D eigenvalue weighted by atomic mass is 10.1. The van der Waals surface area contributed by atoms with E-state index in [4.69, 9.17) is 5.11 Å². The van der Waals surface area contributed by atoms with Gasteiger partial charge in [0.15, 0.2) is 0 Å². The van der Waals surface area contributed by atoms with Crippen molar-refractivity contribution in [2.24, 2.45) is 5.92 Å². The third-order valence-electron chi connectivity index (χ3n) is 4.06. The molecule has 0 saturated heterocycles. The second kappa shape index (κ2) is 7.09. The molecule has 2 amide bonds. The number of carbonyl (C=O) groups excluding carboxylic acids is 1. The summed E-state index contributed by atoms with van der Waals surface area (Å²) < 4.78 is 0. The van der Waals surface area contributed by atoms with Crippen molar-refractivity contribution in [3.8, 4) is 0 Å². The van der Waals surface area contributed by atoms with E-state index in [9.17, 15) is 4.79 Å². The summed E-state index contributed by atoms with van der Waals surface area (Å²) in [6.45, 7) is 6.16. The highest BCUT2D eigenvalue weighted by atomic mass is 16.3. The molecule has 20 heavy (non-hydrogen) atoms. The van der Waals surface area contributed by atoms with Gasteiger partial charge in [0.1, 0.15) is 0 Å². The fraction of sp³-hybridized carbons (Fsp3) is 0.800. The Balaban J connectivity index is 1.61. The highest BCUT2D eigenvalue weighted by Crippen LogP contribution is 2.27. The summed E-state index contributed by atoms with van der Waals surface area (Å²) in [7, 11) is 0. The number of nitrogens with zero attached hydrogens (tertiary/aromatic N) is 1. The largest absolute Gasteiger partial charge is 0.396 e. The lowest BCUT2D eigenvalue weighted by Crippen LogP contribution is -2.45. The van der Waals surface area contributed by atoms with Crippen molar-refractivity contribution >= 4 is 6.03 Å². The van der Waals surface area contributed by atoms with Gasteiger partial charge in [-0.05, 0) is 33.1 Å². The first kappa shape index (κ1) is 15.3. The molecule has 0 aromatic heterocycles. The number of hydrogen-bond acceptors (Lipinski definition) is 3. The summed E-state index contributed by atoms with van der Waals surface area (Å²) in [5.41, 5.74) is 0. The number of carbonyl (C=O) groups is 1. The molecule has 0 unspecified atom stereocenters. The first-order valence-corrected chi connectivity index (χ1v) is 7.69. The topological polar surface area (TPSA) is 64.6 Å². The summed E-state index contributed by atoms with van der Waals surface area (Å²) in [6.07, 6.45) is 7.31. The molecule has 1 saturated carbocycles. The molecule has 2 aliphatic rings. The minimum Gasteiger partial charge on any atom is -0.396 e. The fourth-order valence-corrected chi connectivity index (χ4v) is 2.80. The van der Waals surface area contributed by atoms with Crippen molar-refractivity contribution in [1.82, 2.24) is 15.5 Å². The summed E-state index contributed by atoms with van der Waals surface area (Å²) in [5, 5.41) is 14.9. The van der Waals surface area contributed by atoms with Gasteiger partial charge in [0.05, 0.1) is 0 Å². The maximum absolute atomic E-state index is 11.8. The predicted molar refractivity (Wildman–Crippen MR) is 79.5 cm³/mol. The average Bonchev–Trinajstić information content (AvgIpc) is 3.14. The highest BCUT2D eigenvalue weighted by molar-refractivity contribution is 5.74. The van der Waals surface area contributed by atoms with Gasteiger partial charge in [0, 0.05) is 43.7 Å². The van der Waals surface area contributed by atoms with Crippen LogP contribution in [0.4, 0.5) is 4.79 Å². The summed E-state index contributed by atoms with van der Waals surface area (Å²) in [4.78, 5) is 14.2. The Morgan fingerprint density at radius 3 is 2.70 bits per heavy atom. The van der Waals surface area contributed by atoms with E-state index in [0.29, 0.717) is 12.6 Å². The fourth-order valence-electron chi connectivity index (χ4n) is 2.80.